The molecule has 10 nitrogen and oxygen atoms in total. The van der Waals surface area contributed by atoms with E-state index in [1.54, 1.807) is 13.8 Å². The summed E-state index contributed by atoms with van der Waals surface area (Å²) in [6, 6.07) is 0.939. The van der Waals surface area contributed by atoms with Crippen LogP contribution < -0.4 is 11.3 Å². The number of Topliss-reactive ketones (excluding diaryl/α,β-unsaturated/α-hetero) is 1. The Bertz CT molecular complexity index is 1020. The number of H-pyrrole nitrogens is 1. The SMILES string of the molecule is CC(C)(C[CH]C(=O)N1CCC2C1C(=O)CN2S(=O)(=O)c1ccc[nH]c1=O)C(N)=O. The first-order valence-electron chi connectivity index (χ1n) is 9.13. The van der Waals surface area contributed by atoms with Gasteiger partial charge in [-0.25, -0.2) is 8.42 Å². The van der Waals surface area contributed by atoms with Gasteiger partial charge in [-0.2, -0.15) is 4.31 Å². The van der Waals surface area contributed by atoms with Gasteiger partial charge in [-0.15, -0.1) is 0 Å². The zero-order valence-electron chi connectivity index (χ0n) is 16.1. The average Bonchev–Trinajstić information content (AvgIpc) is 3.21. The van der Waals surface area contributed by atoms with E-state index >= 15 is 0 Å². The summed E-state index contributed by atoms with van der Waals surface area (Å²) >= 11 is 0. The Labute approximate surface area is 168 Å². The number of nitrogens with two attached hydrogens (primary N) is 1. The molecule has 0 aromatic carbocycles. The van der Waals surface area contributed by atoms with E-state index in [9.17, 15) is 27.6 Å². The van der Waals surface area contributed by atoms with Crippen molar-refractivity contribution in [1.82, 2.24) is 14.2 Å². The standard InChI is InChI=1S/C18H23N4O6S/c1-18(2,17(19)26)7-5-14(24)21-9-6-11-15(21)12(23)10-22(11)29(27,28)13-4-3-8-20-16(13)25/h3-5,8,11,15H,6-7,9-10H2,1-2H3,(H2,19,26)(H,20,25). The third-order valence-electron chi connectivity index (χ3n) is 5.48. The van der Waals surface area contributed by atoms with E-state index in [-0.39, 0.29) is 19.4 Å². The fourth-order valence-corrected chi connectivity index (χ4v) is 5.31. The number of sulfonamides is 1. The van der Waals surface area contributed by atoms with Crippen LogP contribution in [0, 0.1) is 11.8 Å². The minimum atomic E-state index is -4.19. The van der Waals surface area contributed by atoms with Gasteiger partial charge in [0, 0.05) is 18.2 Å². The Balaban J connectivity index is 1.79. The highest BCUT2D eigenvalue weighted by atomic mass is 32.2. The van der Waals surface area contributed by atoms with Crippen molar-refractivity contribution in [3.8, 4) is 0 Å². The minimum absolute atomic E-state index is 0.102. The molecule has 1 aromatic rings. The van der Waals surface area contributed by atoms with Crippen molar-refractivity contribution >= 4 is 27.6 Å². The number of likely N-dealkylation sites (tertiary alicyclic amines) is 1. The first kappa shape index (κ1) is 21.2. The second kappa shape index (κ2) is 7.38. The van der Waals surface area contributed by atoms with Crippen molar-refractivity contribution in [2.45, 2.75) is 43.7 Å². The number of fused-ring (bicyclic) bond motifs is 1. The molecule has 0 bridgehead atoms. The lowest BCUT2D eigenvalue weighted by atomic mass is 9.87. The number of aromatic nitrogens is 1. The lowest BCUT2D eigenvalue weighted by Gasteiger charge is -2.25. The molecule has 0 aliphatic carbocycles. The van der Waals surface area contributed by atoms with Gasteiger partial charge in [-0.1, -0.05) is 13.8 Å². The van der Waals surface area contributed by atoms with Crippen molar-refractivity contribution < 1.29 is 22.8 Å². The largest absolute Gasteiger partial charge is 0.369 e. The quantitative estimate of drug-likeness (QED) is 0.600. The van der Waals surface area contributed by atoms with Gasteiger partial charge in [0.2, 0.25) is 21.8 Å². The van der Waals surface area contributed by atoms with E-state index in [0.29, 0.717) is 0 Å². The first-order chi connectivity index (χ1) is 13.5. The molecule has 2 fully saturated rings. The Kier molecular flexibility index (Phi) is 5.39. The van der Waals surface area contributed by atoms with Crippen LogP contribution in [-0.2, 0) is 24.4 Å². The monoisotopic (exact) mass is 423 g/mol. The van der Waals surface area contributed by atoms with E-state index in [2.05, 4.69) is 4.98 Å². The molecule has 2 saturated heterocycles. The van der Waals surface area contributed by atoms with Crippen molar-refractivity contribution in [2.75, 3.05) is 13.1 Å². The van der Waals surface area contributed by atoms with Gasteiger partial charge in [-0.3, -0.25) is 19.2 Å². The third-order valence-corrected chi connectivity index (χ3v) is 7.38. The number of amides is 2. The average molecular weight is 423 g/mol. The van der Waals surface area contributed by atoms with Gasteiger partial charge in [0.05, 0.1) is 19.0 Å². The van der Waals surface area contributed by atoms with Crippen LogP contribution in [-0.4, -0.2) is 65.4 Å². The van der Waals surface area contributed by atoms with Crippen LogP contribution >= 0.6 is 0 Å². The van der Waals surface area contributed by atoms with E-state index in [1.807, 2.05) is 0 Å². The second-order valence-electron chi connectivity index (χ2n) is 7.87. The van der Waals surface area contributed by atoms with E-state index in [0.717, 1.165) is 4.31 Å². The van der Waals surface area contributed by atoms with E-state index in [1.165, 1.54) is 29.7 Å². The maximum atomic E-state index is 12.9. The van der Waals surface area contributed by atoms with E-state index in [4.69, 9.17) is 5.73 Å². The van der Waals surface area contributed by atoms with Gasteiger partial charge < -0.3 is 15.6 Å². The predicted molar refractivity (Wildman–Crippen MR) is 102 cm³/mol. The molecule has 1 radical (unpaired) electrons. The molecule has 1 aromatic heterocycles. The lowest BCUT2D eigenvalue weighted by molar-refractivity contribution is -0.134. The molecule has 0 spiro atoms. The van der Waals surface area contributed by atoms with Gasteiger partial charge in [0.15, 0.2) is 5.78 Å². The number of hydrogen-bond donors (Lipinski definition) is 2. The Hall–Kier alpha value is -2.53. The highest BCUT2D eigenvalue weighted by Gasteiger charge is 2.54. The second-order valence-corrected chi connectivity index (χ2v) is 9.73. The summed E-state index contributed by atoms with van der Waals surface area (Å²) in [4.78, 5) is 51.8. The molecule has 3 rings (SSSR count). The first-order valence-corrected chi connectivity index (χ1v) is 10.6. The smallest absolute Gasteiger partial charge is 0.268 e. The maximum Gasteiger partial charge on any atom is 0.268 e. The fraction of sp³-hybridized carbons (Fsp3) is 0.500. The zero-order valence-corrected chi connectivity index (χ0v) is 16.9. The number of nitrogens with one attached hydrogen (secondary N) is 1. The molecule has 2 amide bonds. The van der Waals surface area contributed by atoms with Crippen molar-refractivity contribution in [3.63, 3.8) is 0 Å². The summed E-state index contributed by atoms with van der Waals surface area (Å²) in [6.45, 7) is 3.02. The van der Waals surface area contributed by atoms with Crippen LogP contribution in [0.5, 0.6) is 0 Å². The van der Waals surface area contributed by atoms with Gasteiger partial charge in [-0.05, 0) is 25.0 Å². The van der Waals surface area contributed by atoms with Crippen LogP contribution in [0.15, 0.2) is 28.0 Å². The Morgan fingerprint density at radius 3 is 2.66 bits per heavy atom. The number of primary amides is 1. The summed E-state index contributed by atoms with van der Waals surface area (Å²) in [5, 5.41) is 0. The highest BCUT2D eigenvalue weighted by Crippen LogP contribution is 2.34. The van der Waals surface area contributed by atoms with Gasteiger partial charge >= 0.3 is 0 Å². The third kappa shape index (κ3) is 3.71. The summed E-state index contributed by atoms with van der Waals surface area (Å²) in [5.74, 6) is -1.40. The number of carbonyl (C=O) groups excluding carboxylic acids is 3. The van der Waals surface area contributed by atoms with Crippen LogP contribution in [0.1, 0.15) is 26.7 Å². The number of hydrogen-bond acceptors (Lipinski definition) is 6. The molecule has 3 N–H and O–H groups in total. The van der Waals surface area contributed by atoms with Crippen LogP contribution in [0.4, 0.5) is 0 Å². The van der Waals surface area contributed by atoms with Crippen LogP contribution in [0.3, 0.4) is 0 Å². The maximum absolute atomic E-state index is 12.9. The lowest BCUT2D eigenvalue weighted by Crippen LogP contribution is -2.44. The number of pyridine rings is 1. The molecule has 3 heterocycles. The number of rotatable bonds is 6. The molecule has 11 heteroatoms. The Morgan fingerprint density at radius 1 is 1.34 bits per heavy atom. The molecular weight excluding hydrogens is 400 g/mol. The Morgan fingerprint density at radius 2 is 2.03 bits per heavy atom. The van der Waals surface area contributed by atoms with Gasteiger partial charge in [0.1, 0.15) is 10.9 Å². The number of carbonyl (C=O) groups is 3. The molecule has 2 atom stereocenters. The minimum Gasteiger partial charge on any atom is -0.369 e. The molecule has 0 saturated carbocycles. The zero-order chi connectivity index (χ0) is 21.6. The molecule has 2 unspecified atom stereocenters. The molecule has 2 aliphatic heterocycles. The van der Waals surface area contributed by atoms with Crippen LogP contribution in [0.2, 0.25) is 0 Å². The molecule has 2 aliphatic rings. The molecular formula is C18H23N4O6S. The summed E-state index contributed by atoms with van der Waals surface area (Å²) < 4.78 is 26.9. The fourth-order valence-electron chi connectivity index (χ4n) is 3.64. The van der Waals surface area contributed by atoms with Crippen molar-refractivity contribution in [2.24, 2.45) is 11.1 Å². The summed E-state index contributed by atoms with van der Waals surface area (Å²) in [7, 11) is -4.19. The van der Waals surface area contributed by atoms with Gasteiger partial charge in [0.25, 0.3) is 5.56 Å². The van der Waals surface area contributed by atoms with Crippen LogP contribution in [0.25, 0.3) is 0 Å². The van der Waals surface area contributed by atoms with Crippen molar-refractivity contribution in [3.05, 3.63) is 35.1 Å². The highest BCUT2D eigenvalue weighted by molar-refractivity contribution is 7.89. The van der Waals surface area contributed by atoms with E-state index < -0.39 is 62.1 Å². The molecule has 157 valence electrons. The summed E-state index contributed by atoms with van der Waals surface area (Å²) in [5.41, 5.74) is 3.63. The number of ketones is 1. The van der Waals surface area contributed by atoms with Crippen molar-refractivity contribution in [1.29, 1.82) is 0 Å². The molecule has 29 heavy (non-hydrogen) atoms. The number of nitrogens with zero attached hydrogens (tertiary/aromatic N) is 2. The summed E-state index contributed by atoms with van der Waals surface area (Å²) in [6.07, 6.45) is 3.00. The topological polar surface area (TPSA) is 151 Å². The predicted octanol–water partition coefficient (Wildman–Crippen LogP) is -0.976. The normalized spacial score (nSPS) is 22.7. The number of aromatic amines is 1.